The minimum absolute atomic E-state index is 0.0770. The molecule has 4 aromatic rings. The molecule has 1 amide bonds. The van der Waals surface area contributed by atoms with Crippen molar-refractivity contribution in [2.75, 3.05) is 12.4 Å². The van der Waals surface area contributed by atoms with E-state index < -0.39 is 10.8 Å². The topological polar surface area (TPSA) is 125 Å². The predicted octanol–water partition coefficient (Wildman–Crippen LogP) is 3.35. The second-order valence-electron chi connectivity index (χ2n) is 5.99. The molecule has 0 aliphatic rings. The third-order valence-electron chi connectivity index (χ3n) is 4.22. The molecule has 146 valence electrons. The van der Waals surface area contributed by atoms with Crippen molar-refractivity contribution < 1.29 is 14.5 Å². The molecule has 1 N–H and O–H groups in total. The predicted molar refractivity (Wildman–Crippen MR) is 107 cm³/mol. The normalized spacial score (nSPS) is 10.8. The highest BCUT2D eigenvalue weighted by atomic mass is 32.1. The first kappa shape index (κ1) is 18.5. The number of nitro groups is 1. The van der Waals surface area contributed by atoms with Gasteiger partial charge >= 0.3 is 0 Å². The smallest absolute Gasteiger partial charge is 0.279 e. The van der Waals surface area contributed by atoms with E-state index >= 15 is 0 Å². The van der Waals surface area contributed by atoms with Crippen LogP contribution in [0.4, 0.5) is 10.8 Å². The zero-order valence-corrected chi connectivity index (χ0v) is 16.1. The number of fused-ring (bicyclic) bond motifs is 1. The summed E-state index contributed by atoms with van der Waals surface area (Å²) in [7, 11) is 1.56. The number of aromatic nitrogens is 4. The molecule has 0 bridgehead atoms. The van der Waals surface area contributed by atoms with Gasteiger partial charge in [0, 0.05) is 12.1 Å². The number of amides is 1. The molecule has 29 heavy (non-hydrogen) atoms. The number of carbonyl (C=O) groups is 1. The summed E-state index contributed by atoms with van der Waals surface area (Å²) in [6.45, 7) is 1.66. The highest BCUT2D eigenvalue weighted by Gasteiger charge is 2.20. The number of para-hydroxylation sites is 1. The summed E-state index contributed by atoms with van der Waals surface area (Å²) >= 11 is 1.31. The number of ether oxygens (including phenoxy) is 1. The highest BCUT2D eigenvalue weighted by Crippen LogP contribution is 2.32. The number of nitrogens with zero attached hydrogens (tertiary/aromatic N) is 5. The van der Waals surface area contributed by atoms with E-state index in [1.165, 1.54) is 28.2 Å². The molecule has 0 aliphatic carbocycles. The maximum Gasteiger partial charge on any atom is 0.279 e. The number of nitro benzene ring substituents is 1. The van der Waals surface area contributed by atoms with E-state index in [2.05, 4.69) is 20.6 Å². The van der Waals surface area contributed by atoms with Crippen molar-refractivity contribution in [3.63, 3.8) is 0 Å². The van der Waals surface area contributed by atoms with E-state index in [1.807, 2.05) is 12.1 Å². The molecule has 0 atom stereocenters. The Balaban J connectivity index is 1.62. The molecule has 2 heterocycles. The van der Waals surface area contributed by atoms with E-state index in [-0.39, 0.29) is 11.4 Å². The number of methoxy groups -OCH3 is 1. The maximum absolute atomic E-state index is 12.7. The van der Waals surface area contributed by atoms with E-state index in [0.717, 1.165) is 4.70 Å². The largest absolute Gasteiger partial charge is 0.494 e. The van der Waals surface area contributed by atoms with Crippen LogP contribution in [0.15, 0.2) is 42.5 Å². The van der Waals surface area contributed by atoms with Gasteiger partial charge in [-0.05, 0) is 25.1 Å². The lowest BCUT2D eigenvalue weighted by molar-refractivity contribution is -0.384. The number of rotatable bonds is 5. The number of nitrogens with one attached hydrogen (secondary N) is 1. The first-order valence-corrected chi connectivity index (χ1v) is 9.21. The van der Waals surface area contributed by atoms with Crippen molar-refractivity contribution >= 4 is 38.3 Å². The Morgan fingerprint density at radius 1 is 1.28 bits per heavy atom. The van der Waals surface area contributed by atoms with Crippen LogP contribution in [-0.2, 0) is 0 Å². The Morgan fingerprint density at radius 3 is 2.83 bits per heavy atom. The minimum Gasteiger partial charge on any atom is -0.494 e. The average Bonchev–Trinajstić information content (AvgIpc) is 3.30. The van der Waals surface area contributed by atoms with Crippen LogP contribution in [0.1, 0.15) is 16.2 Å². The van der Waals surface area contributed by atoms with Crippen molar-refractivity contribution in [2.24, 2.45) is 0 Å². The van der Waals surface area contributed by atoms with Crippen molar-refractivity contribution in [2.45, 2.75) is 6.92 Å². The van der Waals surface area contributed by atoms with Gasteiger partial charge in [-0.25, -0.2) is 9.67 Å². The van der Waals surface area contributed by atoms with Crippen molar-refractivity contribution in [1.82, 2.24) is 20.0 Å². The summed E-state index contributed by atoms with van der Waals surface area (Å²) in [5.41, 5.74) is 1.57. The molecule has 0 fully saturated rings. The molecule has 10 nitrogen and oxygen atoms in total. The van der Waals surface area contributed by atoms with E-state index in [4.69, 9.17) is 4.74 Å². The summed E-state index contributed by atoms with van der Waals surface area (Å²) in [5.74, 6) is 0.143. The second kappa shape index (κ2) is 7.28. The van der Waals surface area contributed by atoms with Gasteiger partial charge < -0.3 is 4.74 Å². The third-order valence-corrected chi connectivity index (χ3v) is 5.15. The van der Waals surface area contributed by atoms with Crippen LogP contribution in [0.3, 0.4) is 0 Å². The zero-order valence-electron chi connectivity index (χ0n) is 15.3. The molecule has 0 aliphatic heterocycles. The average molecular weight is 410 g/mol. The Morgan fingerprint density at radius 2 is 2.07 bits per heavy atom. The number of benzene rings is 2. The van der Waals surface area contributed by atoms with Gasteiger partial charge in [0.2, 0.25) is 0 Å². The molecule has 0 unspecified atom stereocenters. The van der Waals surface area contributed by atoms with Gasteiger partial charge in [-0.15, -0.1) is 5.10 Å². The molecule has 0 radical (unpaired) electrons. The van der Waals surface area contributed by atoms with Crippen LogP contribution in [0.25, 0.3) is 15.9 Å². The van der Waals surface area contributed by atoms with E-state index in [9.17, 15) is 14.9 Å². The Labute approximate surface area is 167 Å². The number of carbonyl (C=O) groups excluding carboxylic acids is 1. The summed E-state index contributed by atoms with van der Waals surface area (Å²) in [6, 6.07) is 11.5. The SMILES string of the molecule is COc1cccc2sc(NC(=O)c3nnn(-c4cccc([N+](=O)[O-])c4)c3C)nc12. The summed E-state index contributed by atoms with van der Waals surface area (Å²) < 4.78 is 7.54. The molecule has 2 aromatic heterocycles. The molecule has 0 saturated heterocycles. The van der Waals surface area contributed by atoms with Crippen LogP contribution in [0, 0.1) is 17.0 Å². The summed E-state index contributed by atoms with van der Waals surface area (Å²) in [4.78, 5) is 27.6. The fourth-order valence-electron chi connectivity index (χ4n) is 2.82. The number of non-ortho nitro benzene ring substituents is 1. The Bertz CT molecular complexity index is 1250. The number of thiazole rings is 1. The zero-order chi connectivity index (χ0) is 20.5. The van der Waals surface area contributed by atoms with Crippen LogP contribution in [-0.4, -0.2) is 37.9 Å². The summed E-state index contributed by atoms with van der Waals surface area (Å²) in [5, 5.41) is 22.0. The molecular weight excluding hydrogens is 396 g/mol. The van der Waals surface area contributed by atoms with Gasteiger partial charge in [0.1, 0.15) is 11.3 Å². The van der Waals surface area contributed by atoms with E-state index in [1.54, 1.807) is 32.2 Å². The number of anilines is 1. The fourth-order valence-corrected chi connectivity index (χ4v) is 3.70. The fraction of sp³-hybridized carbons (Fsp3) is 0.111. The molecule has 0 saturated carbocycles. The van der Waals surface area contributed by atoms with E-state index in [0.29, 0.717) is 27.8 Å². The first-order chi connectivity index (χ1) is 14.0. The molecular formula is C18H14N6O4S. The standard InChI is InChI=1S/C18H14N6O4S/c1-10-15(21-22-23(10)11-5-3-6-12(9-11)24(26)27)17(25)20-18-19-16-13(28-2)7-4-8-14(16)29-18/h3-9H,1-2H3,(H,19,20,25). The van der Waals surface area contributed by atoms with Crippen LogP contribution in [0.5, 0.6) is 5.75 Å². The Kier molecular flexibility index (Phi) is 4.64. The third kappa shape index (κ3) is 3.38. The quantitative estimate of drug-likeness (QED) is 0.395. The number of hydrogen-bond donors (Lipinski definition) is 1. The molecule has 2 aromatic carbocycles. The minimum atomic E-state index is -0.495. The highest BCUT2D eigenvalue weighted by molar-refractivity contribution is 7.22. The van der Waals surface area contributed by atoms with Crippen molar-refractivity contribution in [1.29, 1.82) is 0 Å². The lowest BCUT2D eigenvalue weighted by Crippen LogP contribution is -2.14. The van der Waals surface area contributed by atoms with Gasteiger partial charge in [-0.3, -0.25) is 20.2 Å². The van der Waals surface area contributed by atoms with Crippen molar-refractivity contribution in [3.8, 4) is 11.4 Å². The lowest BCUT2D eigenvalue weighted by atomic mass is 10.2. The van der Waals surface area contributed by atoms with Crippen LogP contribution in [0.2, 0.25) is 0 Å². The van der Waals surface area contributed by atoms with Gasteiger partial charge in [-0.2, -0.15) is 0 Å². The maximum atomic E-state index is 12.7. The molecule has 0 spiro atoms. The van der Waals surface area contributed by atoms with Crippen LogP contribution >= 0.6 is 11.3 Å². The molecule has 11 heteroatoms. The lowest BCUT2D eigenvalue weighted by Gasteiger charge is -2.03. The molecule has 4 rings (SSSR count). The van der Waals surface area contributed by atoms with Crippen molar-refractivity contribution in [3.05, 3.63) is 64.0 Å². The number of hydrogen-bond acceptors (Lipinski definition) is 8. The van der Waals surface area contributed by atoms with Gasteiger partial charge in [-0.1, -0.05) is 28.7 Å². The monoisotopic (exact) mass is 410 g/mol. The second-order valence-corrected chi connectivity index (χ2v) is 7.02. The summed E-state index contributed by atoms with van der Waals surface area (Å²) in [6.07, 6.45) is 0. The van der Waals surface area contributed by atoms with Gasteiger partial charge in [0.05, 0.1) is 28.1 Å². The van der Waals surface area contributed by atoms with Crippen LogP contribution < -0.4 is 10.1 Å². The Hall–Kier alpha value is -3.86. The first-order valence-electron chi connectivity index (χ1n) is 8.40. The van der Waals surface area contributed by atoms with Gasteiger partial charge in [0.15, 0.2) is 10.8 Å². The van der Waals surface area contributed by atoms with Gasteiger partial charge in [0.25, 0.3) is 11.6 Å².